The first-order valence-corrected chi connectivity index (χ1v) is 21.9. The number of hydrogen-bond acceptors (Lipinski definition) is 5. The molecule has 301 valence electrons. The molecule has 0 atom stereocenters. The van der Waals surface area contributed by atoms with Crippen LogP contribution in [0.1, 0.15) is 123 Å². The molecule has 0 amide bonds. The van der Waals surface area contributed by atoms with Gasteiger partial charge in [0.25, 0.3) is 0 Å². The molecule has 0 spiro atoms. The zero-order chi connectivity index (χ0) is 40.5. The number of aromatic nitrogens is 1. The second-order valence-electron chi connectivity index (χ2n) is 17.4. The van der Waals surface area contributed by atoms with Crippen molar-refractivity contribution in [2.45, 2.75) is 128 Å². The Morgan fingerprint density at radius 3 is 2.09 bits per heavy atom. The summed E-state index contributed by atoms with van der Waals surface area (Å²) in [6, 6.07) is 23.9. The summed E-state index contributed by atoms with van der Waals surface area (Å²) in [5.41, 5.74) is 7.00. The Balaban J connectivity index is 0.000000330. The maximum absolute atomic E-state index is 12.2. The third-order valence-electron chi connectivity index (χ3n) is 12.1. The van der Waals surface area contributed by atoms with Gasteiger partial charge in [0.1, 0.15) is 5.76 Å². The zero-order valence-electron chi connectivity index (χ0n) is 35.9. The van der Waals surface area contributed by atoms with Crippen molar-refractivity contribution < 1.29 is 30.0 Å². The van der Waals surface area contributed by atoms with Crippen LogP contribution >= 0.6 is 22.7 Å². The summed E-state index contributed by atoms with van der Waals surface area (Å²) < 4.78 is 2.67. The third-order valence-corrected chi connectivity index (χ3v) is 14.6. The summed E-state index contributed by atoms with van der Waals surface area (Å²) >= 11 is 3.81. The first kappa shape index (κ1) is 45.6. The number of pyridine rings is 1. The fourth-order valence-electron chi connectivity index (χ4n) is 7.41. The van der Waals surface area contributed by atoms with Gasteiger partial charge in [-0.1, -0.05) is 111 Å². The van der Waals surface area contributed by atoms with Crippen LogP contribution in [-0.4, -0.2) is 15.9 Å². The molecule has 1 N–H and O–H groups in total. The molecule has 56 heavy (non-hydrogen) atoms. The van der Waals surface area contributed by atoms with Gasteiger partial charge in [0.2, 0.25) is 0 Å². The average molecular weight is 965 g/mol. The van der Waals surface area contributed by atoms with E-state index in [0.29, 0.717) is 5.92 Å². The predicted molar refractivity (Wildman–Crippen MR) is 242 cm³/mol. The number of carbonyl (C=O) groups is 1. The molecule has 3 aromatic heterocycles. The fraction of sp³-hybridized carbons (Fsp3) is 0.440. The Morgan fingerprint density at radius 1 is 0.839 bits per heavy atom. The Labute approximate surface area is 358 Å². The SMILES string of the molecule is CCC(C)(CC)C(=O)/C=C(\O)C(C)(CC)CC.Cc1sc2ccc(-c3sc4ccnc(-c5[c-]c6ccccc6c(C(C)(C)C)c5)c4c3C)cc2c1CC(C)C.[Ir]. The van der Waals surface area contributed by atoms with Crippen LogP contribution in [0.5, 0.6) is 0 Å². The van der Waals surface area contributed by atoms with Gasteiger partial charge in [0.05, 0.1) is 0 Å². The van der Waals surface area contributed by atoms with Crippen LogP contribution in [0.2, 0.25) is 0 Å². The normalized spacial score (nSPS) is 12.6. The van der Waals surface area contributed by atoms with E-state index in [9.17, 15) is 9.90 Å². The van der Waals surface area contributed by atoms with E-state index < -0.39 is 0 Å². The van der Waals surface area contributed by atoms with Gasteiger partial charge in [-0.05, 0) is 103 Å². The summed E-state index contributed by atoms with van der Waals surface area (Å²) in [5, 5.41) is 15.2. The van der Waals surface area contributed by atoms with Gasteiger partial charge in [-0.25, -0.2) is 0 Å². The van der Waals surface area contributed by atoms with Gasteiger partial charge in [-0.15, -0.1) is 51.8 Å². The van der Waals surface area contributed by atoms with Crippen LogP contribution in [0.4, 0.5) is 0 Å². The number of aliphatic hydroxyl groups excluding tert-OH is 1. The van der Waals surface area contributed by atoms with Gasteiger partial charge in [0, 0.05) is 68.1 Å². The van der Waals surface area contributed by atoms with E-state index in [-0.39, 0.29) is 47.9 Å². The minimum atomic E-state index is -0.337. The van der Waals surface area contributed by atoms with Crippen LogP contribution in [0, 0.1) is 36.7 Å². The number of aryl methyl sites for hydroxylation is 2. The molecule has 6 aromatic rings. The van der Waals surface area contributed by atoms with Crippen molar-refractivity contribution in [2.24, 2.45) is 16.7 Å². The van der Waals surface area contributed by atoms with E-state index in [2.05, 4.69) is 109 Å². The van der Waals surface area contributed by atoms with E-state index in [1.54, 1.807) is 0 Å². The quantitative estimate of drug-likeness (QED) is 0.0800. The van der Waals surface area contributed by atoms with E-state index in [4.69, 9.17) is 4.98 Å². The first-order chi connectivity index (χ1) is 25.9. The minimum Gasteiger partial charge on any atom is -0.512 e. The van der Waals surface area contributed by atoms with Crippen molar-refractivity contribution in [2.75, 3.05) is 0 Å². The molecule has 3 heterocycles. The molecule has 1 radical (unpaired) electrons. The van der Waals surface area contributed by atoms with Crippen molar-refractivity contribution in [3.63, 3.8) is 0 Å². The van der Waals surface area contributed by atoms with Gasteiger partial charge in [0.15, 0.2) is 5.78 Å². The van der Waals surface area contributed by atoms with Crippen molar-refractivity contribution in [3.8, 4) is 21.7 Å². The maximum atomic E-state index is 12.2. The van der Waals surface area contributed by atoms with Crippen molar-refractivity contribution in [3.05, 3.63) is 100 Å². The summed E-state index contributed by atoms with van der Waals surface area (Å²) in [7, 11) is 0. The Hall–Kier alpha value is -3.15. The maximum Gasteiger partial charge on any atom is 0.164 e. The number of carbonyl (C=O) groups excluding carboxylic acids is 1. The molecule has 6 rings (SSSR count). The number of hydrogen-bond donors (Lipinski definition) is 1. The molecule has 0 aliphatic heterocycles. The average Bonchev–Trinajstić information content (AvgIpc) is 3.67. The van der Waals surface area contributed by atoms with Crippen LogP contribution in [0.15, 0.2) is 72.6 Å². The molecule has 0 unspecified atom stereocenters. The topological polar surface area (TPSA) is 50.2 Å². The number of fused-ring (bicyclic) bond motifs is 3. The second-order valence-corrected chi connectivity index (χ2v) is 19.7. The molecule has 3 aromatic carbocycles. The van der Waals surface area contributed by atoms with Crippen LogP contribution in [0.25, 0.3) is 52.6 Å². The van der Waals surface area contributed by atoms with Crippen molar-refractivity contribution in [1.82, 2.24) is 4.98 Å². The van der Waals surface area contributed by atoms with Crippen molar-refractivity contribution in [1.29, 1.82) is 0 Å². The van der Waals surface area contributed by atoms with E-state index >= 15 is 0 Å². The number of aliphatic hydroxyl groups is 1. The molecular formula is C50H62IrNO2S2-. The fourth-order valence-corrected chi connectivity index (χ4v) is 9.68. The molecule has 0 aliphatic carbocycles. The number of ketones is 1. The van der Waals surface area contributed by atoms with Gasteiger partial charge in [-0.3, -0.25) is 9.78 Å². The third kappa shape index (κ3) is 9.25. The van der Waals surface area contributed by atoms with E-state index in [0.717, 1.165) is 48.7 Å². The second kappa shape index (κ2) is 18.2. The number of allylic oxidation sites excluding steroid dienone is 2. The molecule has 6 heteroatoms. The Bertz CT molecular complexity index is 2340. The van der Waals surface area contributed by atoms with Crippen LogP contribution < -0.4 is 0 Å². The summed E-state index contributed by atoms with van der Waals surface area (Å²) in [5.74, 6) is 0.930. The zero-order valence-corrected chi connectivity index (χ0v) is 39.9. The minimum absolute atomic E-state index is 0. The van der Waals surface area contributed by atoms with Crippen LogP contribution in [0.3, 0.4) is 0 Å². The largest absolute Gasteiger partial charge is 0.512 e. The van der Waals surface area contributed by atoms with Gasteiger partial charge >= 0.3 is 0 Å². The number of thiophene rings is 2. The monoisotopic (exact) mass is 965 g/mol. The Kier molecular flexibility index (Phi) is 14.8. The van der Waals surface area contributed by atoms with Gasteiger partial charge in [-0.2, -0.15) is 0 Å². The van der Waals surface area contributed by atoms with Gasteiger partial charge < -0.3 is 5.11 Å². The van der Waals surface area contributed by atoms with Crippen LogP contribution in [-0.2, 0) is 36.7 Å². The summed E-state index contributed by atoms with van der Waals surface area (Å²) in [6.07, 6.45) is 7.84. The number of rotatable bonds is 11. The van der Waals surface area contributed by atoms with Crippen molar-refractivity contribution >= 4 is 59.4 Å². The molecule has 0 fully saturated rings. The molecular weight excluding hydrogens is 903 g/mol. The summed E-state index contributed by atoms with van der Waals surface area (Å²) in [4.78, 5) is 19.9. The molecule has 0 saturated carbocycles. The van der Waals surface area contributed by atoms with E-state index in [1.807, 2.05) is 70.4 Å². The summed E-state index contributed by atoms with van der Waals surface area (Å²) in [6.45, 7) is 28.1. The molecule has 0 aliphatic rings. The van der Waals surface area contributed by atoms with E-state index in [1.165, 1.54) is 63.6 Å². The standard InChI is InChI=1S/C35H34NS2.C15H28O2.Ir/c1-20(2)16-27-22(4)37-30-13-12-24(18-28(27)30)34-21(3)32-31(38-34)14-15-36-33(32)25-17-23-10-8-9-11-26(23)29(19-25)35(5,6)7;1-7-14(5,8-2)12(16)11-13(17)15(6,9-3)10-4;/h8-15,18-20H,16H2,1-7H3;11,16H,7-10H2,1-6H3;/q-1;;/b;12-11-;. The predicted octanol–water partition coefficient (Wildman–Crippen LogP) is 15.6. The Morgan fingerprint density at radius 2 is 1.48 bits per heavy atom. The smallest absolute Gasteiger partial charge is 0.164 e. The number of benzene rings is 3. The molecule has 3 nitrogen and oxygen atoms in total. The number of nitrogens with zero attached hydrogens (tertiary/aromatic N) is 1. The molecule has 0 saturated heterocycles. The molecule has 0 bridgehead atoms. The first-order valence-electron chi connectivity index (χ1n) is 20.2.